The fourth-order valence-corrected chi connectivity index (χ4v) is 1.25. The Morgan fingerprint density at radius 3 is 3.07 bits per heavy atom. The summed E-state index contributed by atoms with van der Waals surface area (Å²) in [6, 6.07) is 4.69. The van der Waals surface area contributed by atoms with Gasteiger partial charge in [-0.3, -0.25) is 9.59 Å². The van der Waals surface area contributed by atoms with Crippen molar-refractivity contribution in [1.29, 1.82) is 0 Å². The normalized spacial score (nSPS) is 11.4. The summed E-state index contributed by atoms with van der Waals surface area (Å²) in [5.41, 5.74) is 0.476. The number of hydrogen-bond acceptors (Lipinski definition) is 3. The number of nitrogens with one attached hydrogen (secondary N) is 1. The van der Waals surface area contributed by atoms with Gasteiger partial charge >= 0.3 is 0 Å². The van der Waals surface area contributed by atoms with Crippen LogP contribution in [0.4, 0.5) is 0 Å². The second-order valence-electron chi connectivity index (χ2n) is 2.97. The number of benzene rings is 1. The fourth-order valence-electron chi connectivity index (χ4n) is 1.25. The number of aromatic amines is 1. The van der Waals surface area contributed by atoms with Gasteiger partial charge in [-0.15, -0.1) is 0 Å². The molecule has 14 heavy (non-hydrogen) atoms. The zero-order valence-corrected chi connectivity index (χ0v) is 7.52. The summed E-state index contributed by atoms with van der Waals surface area (Å²) in [6.45, 7) is 1.43. The van der Waals surface area contributed by atoms with Crippen molar-refractivity contribution in [3.63, 3.8) is 0 Å². The molecule has 0 aliphatic rings. The monoisotopic (exact) mass is 189 g/mol. The van der Waals surface area contributed by atoms with Gasteiger partial charge in [-0.05, 0) is 25.1 Å². The summed E-state index contributed by atoms with van der Waals surface area (Å²) in [5, 5.41) is 0.292. The van der Waals surface area contributed by atoms with E-state index in [1.165, 1.54) is 13.0 Å². The molecular weight excluding hydrogens is 180 g/mol. The molecule has 0 spiro atoms. The molecule has 0 radical (unpaired) electrons. The molecule has 1 heterocycles. The average Bonchev–Trinajstić information content (AvgIpc) is 2.23. The first kappa shape index (κ1) is 7.44. The molecule has 2 aromatic rings. The number of aromatic nitrogens is 2. The Balaban J connectivity index is 2.85. The predicted molar refractivity (Wildman–Crippen MR) is 52.4 cm³/mol. The smallest absolute Gasteiger partial charge is 0.258 e. The highest BCUT2D eigenvalue weighted by molar-refractivity contribution is 5.97. The van der Waals surface area contributed by atoms with Crippen LogP contribution in [0.2, 0.25) is 1.41 Å². The van der Waals surface area contributed by atoms with Gasteiger partial charge in [0, 0.05) is 5.56 Å². The molecule has 0 saturated carbocycles. The summed E-state index contributed by atoms with van der Waals surface area (Å²) in [7, 11) is 0. The standard InChI is InChI=1S/C10H8N2O2/c1-6(13)7-2-3-9-8(4-7)10(14)12-5-11-9/h2-5H,1H3,(H,11,12,14)/i/hD. The quantitative estimate of drug-likeness (QED) is 0.684. The van der Waals surface area contributed by atoms with Gasteiger partial charge in [-0.1, -0.05) is 0 Å². The number of rotatable bonds is 1. The summed E-state index contributed by atoms with van der Waals surface area (Å²) in [5.74, 6) is -0.114. The molecule has 0 atom stereocenters. The molecule has 1 aromatic carbocycles. The molecule has 0 amide bonds. The Morgan fingerprint density at radius 2 is 2.36 bits per heavy atom. The Kier molecular flexibility index (Phi) is 1.63. The van der Waals surface area contributed by atoms with E-state index in [4.69, 9.17) is 1.41 Å². The number of nitrogens with zero attached hydrogens (tertiary/aromatic N) is 1. The zero-order valence-electron chi connectivity index (χ0n) is 8.52. The number of carbonyl (C=O) groups is 1. The predicted octanol–water partition coefficient (Wildman–Crippen LogP) is 1.13. The first-order valence-corrected chi connectivity index (χ1v) is 4.11. The first-order chi connectivity index (χ1) is 7.09. The van der Waals surface area contributed by atoms with Crippen LogP contribution in [0.3, 0.4) is 0 Å². The molecule has 2 rings (SSSR count). The van der Waals surface area contributed by atoms with Crippen molar-refractivity contribution < 1.29 is 6.21 Å². The van der Waals surface area contributed by atoms with Gasteiger partial charge in [0.1, 0.15) is 0 Å². The second-order valence-corrected chi connectivity index (χ2v) is 2.97. The topological polar surface area (TPSA) is 62.8 Å². The molecular formula is C10H8N2O2. The maximum absolute atomic E-state index is 11.5. The molecule has 0 saturated heterocycles. The van der Waals surface area contributed by atoms with E-state index in [0.29, 0.717) is 21.4 Å². The summed E-state index contributed by atoms with van der Waals surface area (Å²) >= 11 is 0. The maximum atomic E-state index is 11.5. The van der Waals surface area contributed by atoms with Crippen molar-refractivity contribution in [2.45, 2.75) is 6.92 Å². The van der Waals surface area contributed by atoms with E-state index < -0.39 is 5.56 Å². The molecule has 4 heteroatoms. The molecule has 70 valence electrons. The Morgan fingerprint density at radius 1 is 1.57 bits per heavy atom. The Labute approximate surface area is 81.1 Å². The molecule has 4 nitrogen and oxygen atoms in total. The second kappa shape index (κ2) is 3.06. The van der Waals surface area contributed by atoms with Crippen LogP contribution in [0, 0.1) is 0 Å². The summed E-state index contributed by atoms with van der Waals surface area (Å²) in [6.07, 6.45) is 1.14. The largest absolute Gasteiger partial charge is 0.313 e. The molecule has 1 N–H and O–H groups in total. The SMILES string of the molecule is [2H]n1cnc2ccc(C(C)=O)cc2c1=O. The van der Waals surface area contributed by atoms with Crippen LogP contribution in [0.15, 0.2) is 29.3 Å². The van der Waals surface area contributed by atoms with Gasteiger partial charge in [0.15, 0.2) is 7.20 Å². The van der Waals surface area contributed by atoms with Gasteiger partial charge in [0.2, 0.25) is 0 Å². The van der Waals surface area contributed by atoms with Crippen LogP contribution >= 0.6 is 0 Å². The van der Waals surface area contributed by atoms with Gasteiger partial charge in [0.25, 0.3) is 5.56 Å². The Bertz CT molecular complexity index is 604. The Hall–Kier alpha value is -1.97. The van der Waals surface area contributed by atoms with Gasteiger partial charge in [0.05, 0.1) is 17.2 Å². The molecule has 0 fully saturated rings. The lowest BCUT2D eigenvalue weighted by atomic mass is 10.1. The van der Waals surface area contributed by atoms with Crippen molar-refractivity contribution in [1.82, 2.24) is 9.96 Å². The van der Waals surface area contributed by atoms with Crippen LogP contribution in [0.25, 0.3) is 10.9 Å². The lowest BCUT2D eigenvalue weighted by Crippen LogP contribution is -2.07. The molecule has 1 aromatic heterocycles. The average molecular weight is 189 g/mol. The minimum atomic E-state index is -0.469. The van der Waals surface area contributed by atoms with Crippen molar-refractivity contribution in [3.05, 3.63) is 40.4 Å². The van der Waals surface area contributed by atoms with Crippen molar-refractivity contribution in [3.8, 4) is 0 Å². The highest BCUT2D eigenvalue weighted by atomic mass is 16.1. The van der Waals surface area contributed by atoms with E-state index in [-0.39, 0.29) is 5.78 Å². The number of H-pyrrole nitrogens is 1. The van der Waals surface area contributed by atoms with Crippen LogP contribution < -0.4 is 5.56 Å². The lowest BCUT2D eigenvalue weighted by Gasteiger charge is -1.97. The van der Waals surface area contributed by atoms with E-state index in [0.717, 1.165) is 6.33 Å². The maximum Gasteiger partial charge on any atom is 0.258 e. The molecule has 0 bridgehead atoms. The van der Waals surface area contributed by atoms with E-state index in [1.807, 2.05) is 0 Å². The van der Waals surface area contributed by atoms with Crippen LogP contribution in [-0.4, -0.2) is 15.7 Å². The lowest BCUT2D eigenvalue weighted by molar-refractivity contribution is 0.101. The molecule has 0 aliphatic heterocycles. The number of Topliss-reactive ketones (excluding diaryl/α,β-unsaturated/α-hetero) is 1. The molecule has 0 unspecified atom stereocenters. The van der Waals surface area contributed by atoms with Crippen molar-refractivity contribution in [2.75, 3.05) is 0 Å². The van der Waals surface area contributed by atoms with E-state index >= 15 is 0 Å². The van der Waals surface area contributed by atoms with Gasteiger partial charge in [-0.2, -0.15) is 0 Å². The summed E-state index contributed by atoms with van der Waals surface area (Å²) in [4.78, 5) is 27.2. The minimum Gasteiger partial charge on any atom is -0.313 e. The van der Waals surface area contributed by atoms with Gasteiger partial charge in [-0.25, -0.2) is 4.98 Å². The zero-order chi connectivity index (χ0) is 11.0. The van der Waals surface area contributed by atoms with Crippen LogP contribution in [-0.2, 0) is 0 Å². The van der Waals surface area contributed by atoms with E-state index in [2.05, 4.69) is 4.98 Å². The first-order valence-electron chi connectivity index (χ1n) is 4.56. The number of fused-ring (bicyclic) bond motifs is 1. The highest BCUT2D eigenvalue weighted by Gasteiger charge is 2.03. The van der Waals surface area contributed by atoms with E-state index in [1.54, 1.807) is 12.1 Å². The number of ketones is 1. The number of carbonyl (C=O) groups excluding carboxylic acids is 1. The van der Waals surface area contributed by atoms with Crippen LogP contribution in [0.1, 0.15) is 17.3 Å². The highest BCUT2D eigenvalue weighted by Crippen LogP contribution is 2.09. The third-order valence-corrected chi connectivity index (χ3v) is 2.01. The number of hydrogen-bond donors (Lipinski definition) is 1. The molecule has 0 aliphatic carbocycles. The van der Waals surface area contributed by atoms with E-state index in [9.17, 15) is 9.59 Å². The van der Waals surface area contributed by atoms with Crippen LogP contribution in [0.5, 0.6) is 0 Å². The third kappa shape index (κ3) is 1.31. The fraction of sp³-hybridized carbons (Fsp3) is 0.100. The van der Waals surface area contributed by atoms with Crippen molar-refractivity contribution in [2.24, 2.45) is 0 Å². The van der Waals surface area contributed by atoms with Crippen molar-refractivity contribution >= 4 is 16.7 Å². The van der Waals surface area contributed by atoms with Gasteiger partial charge < -0.3 is 4.98 Å². The third-order valence-electron chi connectivity index (χ3n) is 2.01. The summed E-state index contributed by atoms with van der Waals surface area (Å²) < 4.78 is 7.24. The minimum absolute atomic E-state index is 0.114.